The van der Waals surface area contributed by atoms with E-state index in [2.05, 4.69) is 0 Å². The third-order valence-corrected chi connectivity index (χ3v) is 6.30. The highest BCUT2D eigenvalue weighted by molar-refractivity contribution is 7.89. The predicted molar refractivity (Wildman–Crippen MR) is 92.6 cm³/mol. The zero-order chi connectivity index (χ0) is 17.2. The summed E-state index contributed by atoms with van der Waals surface area (Å²) in [5.41, 5.74) is 6.89. The first-order valence-corrected chi connectivity index (χ1v) is 9.38. The van der Waals surface area contributed by atoms with Crippen molar-refractivity contribution >= 4 is 15.9 Å². The first-order chi connectivity index (χ1) is 11.5. The quantitative estimate of drug-likeness (QED) is 0.923. The number of hydrogen-bond donors (Lipinski definition) is 1. The van der Waals surface area contributed by atoms with E-state index in [1.807, 2.05) is 36.4 Å². The molecule has 1 aliphatic rings. The summed E-state index contributed by atoms with van der Waals surface area (Å²) in [4.78, 5) is 11.7. The van der Waals surface area contributed by atoms with Crippen molar-refractivity contribution in [3.05, 3.63) is 54.6 Å². The minimum absolute atomic E-state index is 0.154. The van der Waals surface area contributed by atoms with Crippen LogP contribution in [-0.4, -0.2) is 31.7 Å². The molecular formula is C18H20N2O3S. The van der Waals surface area contributed by atoms with Crippen LogP contribution in [0.15, 0.2) is 59.5 Å². The molecule has 1 fully saturated rings. The fourth-order valence-corrected chi connectivity index (χ4v) is 4.82. The summed E-state index contributed by atoms with van der Waals surface area (Å²) in [5.74, 6) is -0.858. The predicted octanol–water partition coefficient (Wildman–Crippen LogP) is 2.24. The highest BCUT2D eigenvalue weighted by Crippen LogP contribution is 2.31. The van der Waals surface area contributed by atoms with Crippen molar-refractivity contribution in [2.75, 3.05) is 13.1 Å². The molecular weight excluding hydrogens is 324 g/mol. The Labute approximate surface area is 142 Å². The summed E-state index contributed by atoms with van der Waals surface area (Å²) in [7, 11) is -3.68. The van der Waals surface area contributed by atoms with Gasteiger partial charge in [-0.15, -0.1) is 0 Å². The molecule has 1 atom stereocenters. The minimum Gasteiger partial charge on any atom is -0.369 e. The van der Waals surface area contributed by atoms with Gasteiger partial charge in [0, 0.05) is 18.7 Å². The van der Waals surface area contributed by atoms with E-state index in [0.717, 1.165) is 5.56 Å². The number of carbonyl (C=O) groups excluding carboxylic acids is 1. The molecule has 6 heteroatoms. The Morgan fingerprint density at radius 2 is 1.71 bits per heavy atom. The van der Waals surface area contributed by atoms with Crippen LogP contribution in [0.1, 0.15) is 12.8 Å². The number of nitrogens with two attached hydrogens (primary N) is 1. The van der Waals surface area contributed by atoms with Crippen LogP contribution in [0, 0.1) is 5.92 Å². The Balaban J connectivity index is 2.01. The number of sulfonamides is 1. The topological polar surface area (TPSA) is 80.5 Å². The van der Waals surface area contributed by atoms with E-state index in [0.29, 0.717) is 24.9 Å². The van der Waals surface area contributed by atoms with Crippen LogP contribution in [0.25, 0.3) is 11.1 Å². The molecule has 0 saturated carbocycles. The molecule has 24 heavy (non-hydrogen) atoms. The lowest BCUT2D eigenvalue weighted by Crippen LogP contribution is -2.44. The Morgan fingerprint density at radius 1 is 1.04 bits per heavy atom. The Bertz CT molecular complexity index is 834. The maximum Gasteiger partial charge on any atom is 0.243 e. The van der Waals surface area contributed by atoms with E-state index in [1.54, 1.807) is 18.2 Å². The molecule has 0 radical (unpaired) electrons. The molecule has 0 spiro atoms. The zero-order valence-electron chi connectivity index (χ0n) is 13.3. The van der Waals surface area contributed by atoms with E-state index in [9.17, 15) is 13.2 Å². The number of benzene rings is 2. The lowest BCUT2D eigenvalue weighted by atomic mass is 9.99. The SMILES string of the molecule is NC(=O)C1CCCN(S(=O)(=O)c2ccccc2-c2ccccc2)C1. The van der Waals surface area contributed by atoms with E-state index in [-0.39, 0.29) is 11.4 Å². The van der Waals surface area contributed by atoms with Gasteiger partial charge in [0.05, 0.1) is 10.8 Å². The van der Waals surface area contributed by atoms with Crippen molar-refractivity contribution in [3.8, 4) is 11.1 Å². The molecule has 1 heterocycles. The summed E-state index contributed by atoms with van der Waals surface area (Å²) >= 11 is 0. The third kappa shape index (κ3) is 3.20. The maximum absolute atomic E-state index is 13.1. The molecule has 1 saturated heterocycles. The second kappa shape index (κ2) is 6.75. The number of rotatable bonds is 4. The zero-order valence-corrected chi connectivity index (χ0v) is 14.1. The van der Waals surface area contributed by atoms with E-state index in [4.69, 9.17) is 5.73 Å². The molecule has 2 N–H and O–H groups in total. The van der Waals surface area contributed by atoms with Gasteiger partial charge in [-0.05, 0) is 24.5 Å². The average molecular weight is 344 g/mol. The fraction of sp³-hybridized carbons (Fsp3) is 0.278. The van der Waals surface area contributed by atoms with Crippen molar-refractivity contribution in [3.63, 3.8) is 0 Å². The van der Waals surface area contributed by atoms with Crippen molar-refractivity contribution in [2.24, 2.45) is 11.7 Å². The molecule has 0 aromatic heterocycles. The number of primary amides is 1. The van der Waals surface area contributed by atoms with Crippen LogP contribution in [0.5, 0.6) is 0 Å². The van der Waals surface area contributed by atoms with Crippen LogP contribution in [0.4, 0.5) is 0 Å². The van der Waals surface area contributed by atoms with Gasteiger partial charge in [0.1, 0.15) is 0 Å². The van der Waals surface area contributed by atoms with Gasteiger partial charge in [-0.25, -0.2) is 8.42 Å². The number of hydrogen-bond acceptors (Lipinski definition) is 3. The molecule has 0 bridgehead atoms. The lowest BCUT2D eigenvalue weighted by molar-refractivity contribution is -0.122. The van der Waals surface area contributed by atoms with Crippen molar-refractivity contribution in [1.82, 2.24) is 4.31 Å². The van der Waals surface area contributed by atoms with Crippen LogP contribution in [-0.2, 0) is 14.8 Å². The second-order valence-electron chi connectivity index (χ2n) is 5.97. The first-order valence-electron chi connectivity index (χ1n) is 7.94. The number of piperidine rings is 1. The Hall–Kier alpha value is -2.18. The number of amides is 1. The average Bonchev–Trinajstić information content (AvgIpc) is 2.62. The Kier molecular flexibility index (Phi) is 4.69. The normalized spacial score (nSPS) is 19.1. The van der Waals surface area contributed by atoms with Crippen LogP contribution < -0.4 is 5.73 Å². The molecule has 1 amide bonds. The standard InChI is InChI=1S/C18H20N2O3S/c19-18(21)15-9-6-12-20(13-15)24(22,23)17-11-5-4-10-16(17)14-7-2-1-3-8-14/h1-5,7-8,10-11,15H,6,9,12-13H2,(H2,19,21). The van der Waals surface area contributed by atoms with Crippen molar-refractivity contribution in [2.45, 2.75) is 17.7 Å². The molecule has 5 nitrogen and oxygen atoms in total. The summed E-state index contributed by atoms with van der Waals surface area (Å²) in [6.07, 6.45) is 1.28. The second-order valence-corrected chi connectivity index (χ2v) is 7.87. The highest BCUT2D eigenvalue weighted by Gasteiger charge is 2.33. The van der Waals surface area contributed by atoms with Crippen LogP contribution in [0.3, 0.4) is 0 Å². The molecule has 1 aliphatic heterocycles. The van der Waals surface area contributed by atoms with Gasteiger partial charge in [0.2, 0.25) is 15.9 Å². The molecule has 126 valence electrons. The lowest BCUT2D eigenvalue weighted by Gasteiger charge is -2.30. The number of carbonyl (C=O) groups is 1. The van der Waals surface area contributed by atoms with Gasteiger partial charge in [-0.2, -0.15) is 4.31 Å². The van der Waals surface area contributed by atoms with Gasteiger partial charge in [-0.1, -0.05) is 48.5 Å². The van der Waals surface area contributed by atoms with Gasteiger partial charge in [0.15, 0.2) is 0 Å². The maximum atomic E-state index is 13.1. The van der Waals surface area contributed by atoms with Gasteiger partial charge in [-0.3, -0.25) is 4.79 Å². The van der Waals surface area contributed by atoms with Crippen molar-refractivity contribution < 1.29 is 13.2 Å². The number of nitrogens with zero attached hydrogens (tertiary/aromatic N) is 1. The summed E-state index contributed by atoms with van der Waals surface area (Å²) in [6, 6.07) is 16.4. The van der Waals surface area contributed by atoms with Gasteiger partial charge >= 0.3 is 0 Å². The first kappa shape index (κ1) is 16.7. The van der Waals surface area contributed by atoms with E-state index >= 15 is 0 Å². The molecule has 0 aliphatic carbocycles. The summed E-state index contributed by atoms with van der Waals surface area (Å²) in [5, 5.41) is 0. The molecule has 2 aromatic rings. The monoisotopic (exact) mass is 344 g/mol. The smallest absolute Gasteiger partial charge is 0.243 e. The summed E-state index contributed by atoms with van der Waals surface area (Å²) < 4.78 is 27.6. The van der Waals surface area contributed by atoms with Crippen LogP contribution >= 0.6 is 0 Å². The molecule has 2 aromatic carbocycles. The molecule has 3 rings (SSSR count). The van der Waals surface area contributed by atoms with Gasteiger partial charge < -0.3 is 5.73 Å². The van der Waals surface area contributed by atoms with Gasteiger partial charge in [0.25, 0.3) is 0 Å². The highest BCUT2D eigenvalue weighted by atomic mass is 32.2. The van der Waals surface area contributed by atoms with Crippen molar-refractivity contribution in [1.29, 1.82) is 0 Å². The summed E-state index contributed by atoms with van der Waals surface area (Å²) in [6.45, 7) is 0.566. The molecule has 1 unspecified atom stereocenters. The fourth-order valence-electron chi connectivity index (χ4n) is 3.08. The van der Waals surface area contributed by atoms with E-state index < -0.39 is 21.8 Å². The van der Waals surface area contributed by atoms with E-state index in [1.165, 1.54) is 4.31 Å². The third-order valence-electron chi connectivity index (χ3n) is 4.38. The Morgan fingerprint density at radius 3 is 2.42 bits per heavy atom. The largest absolute Gasteiger partial charge is 0.369 e. The minimum atomic E-state index is -3.68. The van der Waals surface area contributed by atoms with Crippen LogP contribution in [0.2, 0.25) is 0 Å².